The molecule has 1 saturated heterocycles. The van der Waals surface area contributed by atoms with E-state index >= 15 is 0 Å². The molecule has 0 amide bonds. The van der Waals surface area contributed by atoms with Gasteiger partial charge in [-0.2, -0.15) is 13.2 Å². The van der Waals surface area contributed by atoms with E-state index < -0.39 is 11.7 Å². The number of likely N-dealkylation sites (tertiary alicyclic amines) is 1. The fourth-order valence-electron chi connectivity index (χ4n) is 2.88. The molecule has 1 heterocycles. The Hall–Kier alpha value is -1.03. The van der Waals surface area contributed by atoms with Crippen molar-refractivity contribution in [3.05, 3.63) is 35.4 Å². The highest BCUT2D eigenvalue weighted by atomic mass is 19.4. The van der Waals surface area contributed by atoms with E-state index in [1.165, 1.54) is 57.5 Å². The summed E-state index contributed by atoms with van der Waals surface area (Å²) in [4.78, 5) is 2.53. The summed E-state index contributed by atoms with van der Waals surface area (Å²) < 4.78 is 37.3. The molecule has 1 fully saturated rings. The van der Waals surface area contributed by atoms with E-state index in [0.717, 1.165) is 24.8 Å². The van der Waals surface area contributed by atoms with Gasteiger partial charge in [-0.15, -0.1) is 0 Å². The van der Waals surface area contributed by atoms with E-state index in [0.29, 0.717) is 0 Å². The minimum atomic E-state index is -4.23. The van der Waals surface area contributed by atoms with Gasteiger partial charge in [0.2, 0.25) is 0 Å². The Morgan fingerprint density at radius 2 is 1.52 bits per heavy atom. The molecule has 0 aromatic heterocycles. The number of nitrogens with zero attached hydrogens (tertiary/aromatic N) is 1. The summed E-state index contributed by atoms with van der Waals surface area (Å²) >= 11 is 0. The van der Waals surface area contributed by atoms with Crippen molar-refractivity contribution < 1.29 is 13.2 Å². The van der Waals surface area contributed by atoms with E-state index in [4.69, 9.17) is 0 Å². The number of piperidine rings is 1. The Labute approximate surface area is 125 Å². The van der Waals surface area contributed by atoms with Crippen LogP contribution in [0.25, 0.3) is 0 Å². The number of halogens is 3. The van der Waals surface area contributed by atoms with Crippen LogP contribution in [0.3, 0.4) is 0 Å². The monoisotopic (exact) mass is 299 g/mol. The van der Waals surface area contributed by atoms with E-state index in [1.54, 1.807) is 12.1 Å². The summed E-state index contributed by atoms with van der Waals surface area (Å²) in [7, 11) is 0. The second kappa shape index (κ2) is 7.83. The molecule has 0 spiro atoms. The van der Waals surface area contributed by atoms with Gasteiger partial charge in [0, 0.05) is 0 Å². The van der Waals surface area contributed by atoms with Crippen LogP contribution in [0.15, 0.2) is 24.3 Å². The first kappa shape index (κ1) is 16.3. The molecule has 0 N–H and O–H groups in total. The van der Waals surface area contributed by atoms with Crippen molar-refractivity contribution in [1.29, 1.82) is 0 Å². The summed E-state index contributed by atoms with van der Waals surface area (Å²) in [6, 6.07) is 5.58. The van der Waals surface area contributed by atoms with Crippen LogP contribution in [0.5, 0.6) is 0 Å². The minimum absolute atomic E-state index is 0.559. The van der Waals surface area contributed by atoms with Gasteiger partial charge in [0.15, 0.2) is 0 Å². The van der Waals surface area contributed by atoms with Crippen LogP contribution in [0.1, 0.15) is 49.7 Å². The lowest BCUT2D eigenvalue weighted by atomic mass is 10.0. The first-order valence-electron chi connectivity index (χ1n) is 7.94. The smallest absolute Gasteiger partial charge is 0.303 e. The number of rotatable bonds is 6. The predicted octanol–water partition coefficient (Wildman–Crippen LogP) is 4.90. The molecule has 0 saturated carbocycles. The molecule has 1 aliphatic rings. The summed E-state index contributed by atoms with van der Waals surface area (Å²) in [6.45, 7) is 3.64. The van der Waals surface area contributed by atoms with Crippen LogP contribution in [0.4, 0.5) is 13.2 Å². The van der Waals surface area contributed by atoms with Crippen LogP contribution in [-0.4, -0.2) is 24.5 Å². The summed E-state index contributed by atoms with van der Waals surface area (Å²) in [5, 5.41) is 0. The maximum atomic E-state index is 12.4. The average molecular weight is 299 g/mol. The Balaban J connectivity index is 1.62. The number of hydrogen-bond acceptors (Lipinski definition) is 1. The maximum absolute atomic E-state index is 12.4. The normalized spacial score (nSPS) is 17.1. The molecule has 0 atom stereocenters. The average Bonchev–Trinajstić information content (AvgIpc) is 2.47. The lowest BCUT2D eigenvalue weighted by Gasteiger charge is -2.26. The van der Waals surface area contributed by atoms with Crippen LogP contribution in [-0.2, 0) is 12.6 Å². The Morgan fingerprint density at radius 3 is 2.14 bits per heavy atom. The summed E-state index contributed by atoms with van der Waals surface area (Å²) in [5.41, 5.74) is 0.442. The van der Waals surface area contributed by atoms with Crippen LogP contribution >= 0.6 is 0 Å². The highest BCUT2D eigenvalue weighted by Gasteiger charge is 2.29. The molecule has 0 radical (unpaired) electrons. The molecule has 0 unspecified atom stereocenters. The highest BCUT2D eigenvalue weighted by Crippen LogP contribution is 2.29. The first-order chi connectivity index (χ1) is 10.1. The molecule has 1 nitrogen and oxygen atoms in total. The predicted molar refractivity (Wildman–Crippen MR) is 79.3 cm³/mol. The van der Waals surface area contributed by atoms with Gasteiger partial charge in [-0.05, 0) is 69.4 Å². The van der Waals surface area contributed by atoms with E-state index in [1.807, 2.05) is 0 Å². The fraction of sp³-hybridized carbons (Fsp3) is 0.647. The minimum Gasteiger partial charge on any atom is -0.303 e. The lowest BCUT2D eigenvalue weighted by Crippen LogP contribution is -2.30. The van der Waals surface area contributed by atoms with Crippen molar-refractivity contribution in [2.24, 2.45) is 0 Å². The van der Waals surface area contributed by atoms with Gasteiger partial charge in [-0.25, -0.2) is 0 Å². The number of unbranched alkanes of at least 4 members (excludes halogenated alkanes) is 2. The molecule has 0 bridgehead atoms. The van der Waals surface area contributed by atoms with Gasteiger partial charge < -0.3 is 4.90 Å². The summed E-state index contributed by atoms with van der Waals surface area (Å²) in [5.74, 6) is 0. The van der Waals surface area contributed by atoms with Gasteiger partial charge in [0.1, 0.15) is 0 Å². The molecule has 0 aliphatic carbocycles. The Bertz CT molecular complexity index is 405. The number of alkyl halides is 3. The number of aryl methyl sites for hydroxylation is 1. The van der Waals surface area contributed by atoms with E-state index in [9.17, 15) is 13.2 Å². The maximum Gasteiger partial charge on any atom is 0.416 e. The molecular formula is C17H24F3N. The van der Waals surface area contributed by atoms with Gasteiger partial charge in [-0.3, -0.25) is 0 Å². The molecule has 118 valence electrons. The van der Waals surface area contributed by atoms with Crippen LogP contribution < -0.4 is 0 Å². The molecule has 4 heteroatoms. The third-order valence-corrected chi connectivity index (χ3v) is 4.17. The molecule has 2 rings (SSSR count). The van der Waals surface area contributed by atoms with Crippen molar-refractivity contribution in [2.75, 3.05) is 19.6 Å². The second-order valence-corrected chi connectivity index (χ2v) is 5.91. The summed E-state index contributed by atoms with van der Waals surface area (Å²) in [6.07, 6.45) is 4.06. The molecule has 1 aromatic rings. The quantitative estimate of drug-likeness (QED) is 0.675. The van der Waals surface area contributed by atoms with Gasteiger partial charge in [0.25, 0.3) is 0 Å². The zero-order chi connectivity index (χ0) is 15.1. The molecule has 1 aliphatic heterocycles. The fourth-order valence-corrected chi connectivity index (χ4v) is 2.88. The van der Waals surface area contributed by atoms with E-state index in [2.05, 4.69) is 4.90 Å². The molecular weight excluding hydrogens is 275 g/mol. The van der Waals surface area contributed by atoms with Gasteiger partial charge in [-0.1, -0.05) is 25.0 Å². The standard InChI is InChI=1S/C17H24F3N/c18-17(19,20)16-10-8-15(9-11-16)7-3-1-4-12-21-13-5-2-6-14-21/h8-11H,1-7,12-14H2. The molecule has 1 aromatic carbocycles. The highest BCUT2D eigenvalue weighted by molar-refractivity contribution is 5.24. The Morgan fingerprint density at radius 1 is 0.857 bits per heavy atom. The Kier molecular flexibility index (Phi) is 6.09. The topological polar surface area (TPSA) is 3.24 Å². The van der Waals surface area contributed by atoms with Crippen molar-refractivity contribution in [3.8, 4) is 0 Å². The largest absolute Gasteiger partial charge is 0.416 e. The van der Waals surface area contributed by atoms with Crippen LogP contribution in [0.2, 0.25) is 0 Å². The number of hydrogen-bond donors (Lipinski definition) is 0. The first-order valence-corrected chi connectivity index (χ1v) is 7.94. The zero-order valence-electron chi connectivity index (χ0n) is 12.5. The van der Waals surface area contributed by atoms with Crippen molar-refractivity contribution in [2.45, 2.75) is 51.1 Å². The van der Waals surface area contributed by atoms with Crippen molar-refractivity contribution >= 4 is 0 Å². The van der Waals surface area contributed by atoms with Gasteiger partial charge in [0.05, 0.1) is 5.56 Å². The van der Waals surface area contributed by atoms with Crippen LogP contribution in [0, 0.1) is 0 Å². The second-order valence-electron chi connectivity index (χ2n) is 5.91. The van der Waals surface area contributed by atoms with Crippen molar-refractivity contribution in [3.63, 3.8) is 0 Å². The lowest BCUT2D eigenvalue weighted by molar-refractivity contribution is -0.137. The molecule has 21 heavy (non-hydrogen) atoms. The third kappa shape index (κ3) is 5.70. The number of benzene rings is 1. The van der Waals surface area contributed by atoms with Crippen molar-refractivity contribution in [1.82, 2.24) is 4.90 Å². The SMILES string of the molecule is FC(F)(F)c1ccc(CCCCCN2CCCCC2)cc1. The third-order valence-electron chi connectivity index (χ3n) is 4.17. The zero-order valence-corrected chi connectivity index (χ0v) is 12.5. The van der Waals surface area contributed by atoms with Gasteiger partial charge >= 0.3 is 6.18 Å². The van der Waals surface area contributed by atoms with E-state index in [-0.39, 0.29) is 0 Å².